The van der Waals surface area contributed by atoms with Crippen molar-refractivity contribution < 1.29 is 0 Å². The van der Waals surface area contributed by atoms with Gasteiger partial charge in [0.15, 0.2) is 5.82 Å². The maximum Gasteiger partial charge on any atom is 0.177 e. The summed E-state index contributed by atoms with van der Waals surface area (Å²) >= 11 is 0. The molecule has 0 aliphatic rings. The molecule has 1 unspecified atom stereocenters. The fourth-order valence-electron chi connectivity index (χ4n) is 2.29. The van der Waals surface area contributed by atoms with Gasteiger partial charge in [-0.15, -0.1) is 10.2 Å². The van der Waals surface area contributed by atoms with Gasteiger partial charge in [0, 0.05) is 5.92 Å². The number of rotatable bonds is 8. The number of aromatic nitrogens is 4. The standard InChI is InChI=1S/C15H22N4/c1-13(15-16-18-19-17-15)9-5-2-3-6-10-14-11-7-4-8-12-14/h4,7-8,11-13H,2-3,5-6,9-10H2,1H3,(H,16,17,18,19). The van der Waals surface area contributed by atoms with E-state index in [1.165, 1.54) is 37.7 Å². The zero-order valence-electron chi connectivity index (χ0n) is 11.5. The first-order chi connectivity index (χ1) is 9.36. The minimum atomic E-state index is 0.410. The normalized spacial score (nSPS) is 12.5. The third-order valence-electron chi connectivity index (χ3n) is 3.50. The summed E-state index contributed by atoms with van der Waals surface area (Å²) in [4.78, 5) is 0. The minimum absolute atomic E-state index is 0.410. The zero-order valence-corrected chi connectivity index (χ0v) is 11.5. The SMILES string of the molecule is CC(CCCCCCc1ccccc1)c1nn[nH]n1. The third kappa shape index (κ3) is 4.81. The maximum absolute atomic E-state index is 4.02. The van der Waals surface area contributed by atoms with E-state index in [4.69, 9.17) is 0 Å². The van der Waals surface area contributed by atoms with Gasteiger partial charge in [-0.2, -0.15) is 5.21 Å². The van der Waals surface area contributed by atoms with Gasteiger partial charge in [0.2, 0.25) is 0 Å². The Hall–Kier alpha value is -1.71. The van der Waals surface area contributed by atoms with Crippen LogP contribution in [-0.4, -0.2) is 20.6 Å². The first-order valence-electron chi connectivity index (χ1n) is 7.13. The van der Waals surface area contributed by atoms with Gasteiger partial charge in [0.05, 0.1) is 0 Å². The number of nitrogens with zero attached hydrogens (tertiary/aromatic N) is 3. The molecule has 2 rings (SSSR count). The lowest BCUT2D eigenvalue weighted by Gasteiger charge is -2.06. The van der Waals surface area contributed by atoms with Crippen LogP contribution in [0.1, 0.15) is 56.3 Å². The lowest BCUT2D eigenvalue weighted by atomic mass is 10.0. The second-order valence-corrected chi connectivity index (χ2v) is 5.11. The Labute approximate surface area is 114 Å². The van der Waals surface area contributed by atoms with Crippen molar-refractivity contribution in [3.05, 3.63) is 41.7 Å². The fraction of sp³-hybridized carbons (Fsp3) is 0.533. The molecule has 1 atom stereocenters. The molecule has 0 amide bonds. The van der Waals surface area contributed by atoms with Crippen LogP contribution in [0.4, 0.5) is 0 Å². The van der Waals surface area contributed by atoms with E-state index < -0.39 is 0 Å². The number of H-pyrrole nitrogens is 1. The molecular formula is C15H22N4. The van der Waals surface area contributed by atoms with E-state index in [0.29, 0.717) is 5.92 Å². The molecular weight excluding hydrogens is 236 g/mol. The quantitative estimate of drug-likeness (QED) is 0.737. The first kappa shape index (κ1) is 13.7. The van der Waals surface area contributed by atoms with Crippen LogP contribution in [0, 0.1) is 0 Å². The van der Waals surface area contributed by atoms with Gasteiger partial charge in [0.25, 0.3) is 0 Å². The van der Waals surface area contributed by atoms with E-state index in [2.05, 4.69) is 57.9 Å². The predicted molar refractivity (Wildman–Crippen MR) is 75.8 cm³/mol. The Morgan fingerprint density at radius 2 is 1.84 bits per heavy atom. The molecule has 4 heteroatoms. The lowest BCUT2D eigenvalue weighted by Crippen LogP contribution is -1.96. The van der Waals surface area contributed by atoms with Crippen LogP contribution in [0.25, 0.3) is 0 Å². The highest BCUT2D eigenvalue weighted by atomic mass is 15.5. The Morgan fingerprint density at radius 3 is 2.58 bits per heavy atom. The summed E-state index contributed by atoms with van der Waals surface area (Å²) in [7, 11) is 0. The van der Waals surface area contributed by atoms with Crippen molar-refractivity contribution in [1.82, 2.24) is 20.6 Å². The molecule has 0 radical (unpaired) electrons. The molecule has 0 aliphatic carbocycles. The summed E-state index contributed by atoms with van der Waals surface area (Å²) in [5.74, 6) is 1.25. The van der Waals surface area contributed by atoms with E-state index in [0.717, 1.165) is 12.2 Å². The Bertz CT molecular complexity index is 438. The molecule has 19 heavy (non-hydrogen) atoms. The average Bonchev–Trinajstić information content (AvgIpc) is 2.98. The average molecular weight is 258 g/mol. The molecule has 0 saturated carbocycles. The summed E-state index contributed by atoms with van der Waals surface area (Å²) in [6, 6.07) is 10.7. The van der Waals surface area contributed by atoms with E-state index in [1.807, 2.05) is 0 Å². The molecule has 0 bridgehead atoms. The molecule has 1 aromatic carbocycles. The molecule has 102 valence electrons. The Morgan fingerprint density at radius 1 is 1.05 bits per heavy atom. The molecule has 0 spiro atoms. The molecule has 0 fully saturated rings. The zero-order chi connectivity index (χ0) is 13.3. The second kappa shape index (κ2) is 7.67. The van der Waals surface area contributed by atoms with Crippen molar-refractivity contribution in [3.63, 3.8) is 0 Å². The number of hydrogen-bond donors (Lipinski definition) is 1. The highest BCUT2D eigenvalue weighted by Gasteiger charge is 2.09. The second-order valence-electron chi connectivity index (χ2n) is 5.11. The summed E-state index contributed by atoms with van der Waals surface area (Å²) in [5, 5.41) is 14.2. The van der Waals surface area contributed by atoms with Gasteiger partial charge < -0.3 is 0 Å². The van der Waals surface area contributed by atoms with Gasteiger partial charge in [-0.1, -0.05) is 61.7 Å². The molecule has 4 nitrogen and oxygen atoms in total. The van der Waals surface area contributed by atoms with Gasteiger partial charge in [0.1, 0.15) is 0 Å². The highest BCUT2D eigenvalue weighted by Crippen LogP contribution is 2.18. The van der Waals surface area contributed by atoms with Crippen LogP contribution >= 0.6 is 0 Å². The van der Waals surface area contributed by atoms with Crippen LogP contribution in [0.5, 0.6) is 0 Å². The number of aromatic amines is 1. The molecule has 1 N–H and O–H groups in total. The topological polar surface area (TPSA) is 54.5 Å². The van der Waals surface area contributed by atoms with E-state index in [-0.39, 0.29) is 0 Å². The molecule has 0 aliphatic heterocycles. The lowest BCUT2D eigenvalue weighted by molar-refractivity contribution is 0.555. The van der Waals surface area contributed by atoms with Gasteiger partial charge in [-0.25, -0.2) is 0 Å². The summed E-state index contributed by atoms with van der Waals surface area (Å²) in [5.41, 5.74) is 1.45. The van der Waals surface area contributed by atoms with Crippen molar-refractivity contribution in [2.45, 2.75) is 51.4 Å². The molecule has 1 aromatic heterocycles. The molecule has 0 saturated heterocycles. The Balaban J connectivity index is 1.53. The molecule has 2 aromatic rings. The fourth-order valence-corrected chi connectivity index (χ4v) is 2.29. The van der Waals surface area contributed by atoms with E-state index in [9.17, 15) is 0 Å². The van der Waals surface area contributed by atoms with Crippen LogP contribution in [-0.2, 0) is 6.42 Å². The summed E-state index contributed by atoms with van der Waals surface area (Å²) in [6.45, 7) is 2.16. The first-order valence-corrected chi connectivity index (χ1v) is 7.13. The van der Waals surface area contributed by atoms with Crippen LogP contribution in [0.15, 0.2) is 30.3 Å². The van der Waals surface area contributed by atoms with Crippen LogP contribution < -0.4 is 0 Å². The number of benzene rings is 1. The summed E-state index contributed by atoms with van der Waals surface area (Å²) < 4.78 is 0. The van der Waals surface area contributed by atoms with Crippen molar-refractivity contribution in [2.24, 2.45) is 0 Å². The monoisotopic (exact) mass is 258 g/mol. The predicted octanol–water partition coefficient (Wildman–Crippen LogP) is 3.50. The smallest absolute Gasteiger partial charge is 0.177 e. The van der Waals surface area contributed by atoms with Crippen molar-refractivity contribution >= 4 is 0 Å². The number of aryl methyl sites for hydroxylation is 1. The van der Waals surface area contributed by atoms with Gasteiger partial charge >= 0.3 is 0 Å². The van der Waals surface area contributed by atoms with Crippen LogP contribution in [0.3, 0.4) is 0 Å². The van der Waals surface area contributed by atoms with Crippen molar-refractivity contribution in [2.75, 3.05) is 0 Å². The number of hydrogen-bond acceptors (Lipinski definition) is 3. The number of unbranched alkanes of at least 4 members (excludes halogenated alkanes) is 3. The Kier molecular flexibility index (Phi) is 5.53. The largest absolute Gasteiger partial charge is 0.177 e. The summed E-state index contributed by atoms with van der Waals surface area (Å²) in [6.07, 6.45) is 7.44. The maximum atomic E-state index is 4.02. The molecule has 1 heterocycles. The highest BCUT2D eigenvalue weighted by molar-refractivity contribution is 5.14. The third-order valence-corrected chi connectivity index (χ3v) is 3.50. The van der Waals surface area contributed by atoms with Crippen molar-refractivity contribution in [3.8, 4) is 0 Å². The van der Waals surface area contributed by atoms with E-state index in [1.54, 1.807) is 0 Å². The van der Waals surface area contributed by atoms with Crippen LogP contribution in [0.2, 0.25) is 0 Å². The van der Waals surface area contributed by atoms with Gasteiger partial charge in [-0.05, 0) is 24.8 Å². The minimum Gasteiger partial charge on any atom is -0.177 e. The van der Waals surface area contributed by atoms with Gasteiger partial charge in [-0.3, -0.25) is 0 Å². The number of tetrazole rings is 1. The van der Waals surface area contributed by atoms with E-state index >= 15 is 0 Å². The number of nitrogens with one attached hydrogen (secondary N) is 1. The van der Waals surface area contributed by atoms with Crippen molar-refractivity contribution in [1.29, 1.82) is 0 Å².